The smallest absolute Gasteiger partial charge is 0.322 e. The SMILES string of the molecule is O=C(Nc1ccc(F)c(F)c1)c1c2c(nc3ccccc13)CCN(CCCC(F)(F)F)C2. The number of halogens is 5. The molecule has 0 atom stereocenters. The van der Waals surface area contributed by atoms with Crippen LogP contribution in [0.25, 0.3) is 10.9 Å². The molecule has 0 spiro atoms. The lowest BCUT2D eigenvalue weighted by molar-refractivity contribution is -0.136. The van der Waals surface area contributed by atoms with Crippen molar-refractivity contribution in [1.82, 2.24) is 9.88 Å². The summed E-state index contributed by atoms with van der Waals surface area (Å²) in [7, 11) is 0. The Labute approximate surface area is 181 Å². The summed E-state index contributed by atoms with van der Waals surface area (Å²) in [5.41, 5.74) is 2.41. The van der Waals surface area contributed by atoms with Gasteiger partial charge in [0, 0.05) is 54.3 Å². The summed E-state index contributed by atoms with van der Waals surface area (Å²) in [6.07, 6.45) is -4.61. The van der Waals surface area contributed by atoms with Gasteiger partial charge in [0.25, 0.3) is 5.91 Å². The molecule has 1 N–H and O–H groups in total. The Kier molecular flexibility index (Phi) is 6.10. The molecule has 2 aromatic carbocycles. The standard InChI is InChI=1S/C23H20F5N3O/c24-17-7-6-14(12-18(17)25)29-22(32)21-15-4-1-2-5-19(15)30-20-8-11-31(13-16(20)21)10-3-9-23(26,27)28/h1-2,4-7,12H,3,8-11,13H2,(H,29,32). The van der Waals surface area contributed by atoms with E-state index >= 15 is 0 Å². The Balaban J connectivity index is 1.66. The van der Waals surface area contributed by atoms with E-state index in [2.05, 4.69) is 10.3 Å². The van der Waals surface area contributed by atoms with E-state index in [-0.39, 0.29) is 25.2 Å². The fraction of sp³-hybridized carbons (Fsp3) is 0.304. The number of aromatic nitrogens is 1. The van der Waals surface area contributed by atoms with Gasteiger partial charge in [0.2, 0.25) is 0 Å². The predicted octanol–water partition coefficient (Wildman–Crippen LogP) is 5.47. The molecule has 1 amide bonds. The minimum absolute atomic E-state index is 0.0315. The number of carbonyl (C=O) groups excluding carboxylic acids is 1. The van der Waals surface area contributed by atoms with Gasteiger partial charge in [-0.25, -0.2) is 8.78 Å². The van der Waals surface area contributed by atoms with Crippen LogP contribution in [0.15, 0.2) is 42.5 Å². The van der Waals surface area contributed by atoms with E-state index in [0.29, 0.717) is 40.7 Å². The van der Waals surface area contributed by atoms with E-state index in [1.807, 2.05) is 4.90 Å². The first-order valence-electron chi connectivity index (χ1n) is 10.2. The molecule has 32 heavy (non-hydrogen) atoms. The van der Waals surface area contributed by atoms with Gasteiger partial charge in [-0.3, -0.25) is 14.7 Å². The number of pyridine rings is 1. The first kappa shape index (κ1) is 22.1. The van der Waals surface area contributed by atoms with Crippen LogP contribution in [0.4, 0.5) is 27.6 Å². The summed E-state index contributed by atoms with van der Waals surface area (Å²) >= 11 is 0. The van der Waals surface area contributed by atoms with Crippen LogP contribution in [0, 0.1) is 11.6 Å². The first-order chi connectivity index (χ1) is 15.2. The van der Waals surface area contributed by atoms with Crippen LogP contribution in [0.2, 0.25) is 0 Å². The zero-order chi connectivity index (χ0) is 22.9. The number of hydrogen-bond acceptors (Lipinski definition) is 3. The number of nitrogens with one attached hydrogen (secondary N) is 1. The van der Waals surface area contributed by atoms with Gasteiger partial charge in [-0.15, -0.1) is 0 Å². The van der Waals surface area contributed by atoms with E-state index < -0.39 is 30.1 Å². The van der Waals surface area contributed by atoms with Crippen molar-refractivity contribution in [2.45, 2.75) is 32.0 Å². The molecule has 0 aliphatic carbocycles. The summed E-state index contributed by atoms with van der Waals surface area (Å²) in [6, 6.07) is 10.2. The zero-order valence-electron chi connectivity index (χ0n) is 17.0. The van der Waals surface area contributed by atoms with E-state index in [4.69, 9.17) is 0 Å². The van der Waals surface area contributed by atoms with Crippen molar-refractivity contribution in [2.75, 3.05) is 18.4 Å². The van der Waals surface area contributed by atoms with E-state index in [9.17, 15) is 26.7 Å². The van der Waals surface area contributed by atoms with Gasteiger partial charge < -0.3 is 5.32 Å². The summed E-state index contributed by atoms with van der Waals surface area (Å²) in [5.74, 6) is -2.62. The van der Waals surface area contributed by atoms with Crippen LogP contribution in [-0.4, -0.2) is 35.1 Å². The topological polar surface area (TPSA) is 45.2 Å². The van der Waals surface area contributed by atoms with Gasteiger partial charge in [0.05, 0.1) is 11.1 Å². The van der Waals surface area contributed by atoms with Crippen molar-refractivity contribution in [1.29, 1.82) is 0 Å². The third-order valence-corrected chi connectivity index (χ3v) is 5.46. The Morgan fingerprint density at radius 3 is 2.62 bits per heavy atom. The molecule has 1 aliphatic heterocycles. The van der Waals surface area contributed by atoms with Crippen molar-refractivity contribution in [3.8, 4) is 0 Å². The number of hydrogen-bond donors (Lipinski definition) is 1. The minimum atomic E-state index is -4.21. The molecule has 3 aromatic rings. The summed E-state index contributed by atoms with van der Waals surface area (Å²) in [5, 5.41) is 3.19. The number of alkyl halides is 3. The molecule has 0 saturated carbocycles. The summed E-state index contributed by atoms with van der Waals surface area (Å²) < 4.78 is 64.4. The molecule has 168 valence electrons. The van der Waals surface area contributed by atoms with E-state index in [1.165, 1.54) is 6.07 Å². The van der Waals surface area contributed by atoms with Gasteiger partial charge in [-0.1, -0.05) is 18.2 Å². The number of benzene rings is 2. The van der Waals surface area contributed by atoms with Crippen LogP contribution in [0.3, 0.4) is 0 Å². The average molecular weight is 449 g/mol. The van der Waals surface area contributed by atoms with Crippen molar-refractivity contribution in [2.24, 2.45) is 0 Å². The molecule has 4 rings (SSSR count). The van der Waals surface area contributed by atoms with Gasteiger partial charge in [0.1, 0.15) is 0 Å². The second-order valence-electron chi connectivity index (χ2n) is 7.76. The maximum absolute atomic E-state index is 13.6. The molecule has 4 nitrogen and oxygen atoms in total. The lowest BCUT2D eigenvalue weighted by Gasteiger charge is -2.30. The number of rotatable bonds is 5. The molecule has 9 heteroatoms. The molecule has 2 heterocycles. The van der Waals surface area contributed by atoms with E-state index in [0.717, 1.165) is 12.1 Å². The predicted molar refractivity (Wildman–Crippen MR) is 110 cm³/mol. The third kappa shape index (κ3) is 4.88. The van der Waals surface area contributed by atoms with Gasteiger partial charge >= 0.3 is 6.18 Å². The van der Waals surface area contributed by atoms with Crippen LogP contribution in [0.1, 0.15) is 34.5 Å². The maximum atomic E-state index is 13.6. The molecule has 0 radical (unpaired) electrons. The number of fused-ring (bicyclic) bond motifs is 2. The Bertz CT molecular complexity index is 1160. The van der Waals surface area contributed by atoms with Crippen molar-refractivity contribution < 1.29 is 26.7 Å². The Hall–Kier alpha value is -3.07. The lowest BCUT2D eigenvalue weighted by Crippen LogP contribution is -2.34. The minimum Gasteiger partial charge on any atom is -0.322 e. The van der Waals surface area contributed by atoms with Crippen LogP contribution in [-0.2, 0) is 13.0 Å². The van der Waals surface area contributed by atoms with Gasteiger partial charge in [0.15, 0.2) is 11.6 Å². The normalized spacial score (nSPS) is 14.4. The highest BCUT2D eigenvalue weighted by Gasteiger charge is 2.29. The van der Waals surface area contributed by atoms with Gasteiger partial charge in [-0.05, 0) is 31.2 Å². The highest BCUT2D eigenvalue weighted by atomic mass is 19.4. The molecular weight excluding hydrogens is 429 g/mol. The second-order valence-corrected chi connectivity index (χ2v) is 7.76. The fourth-order valence-corrected chi connectivity index (χ4v) is 3.97. The fourth-order valence-electron chi connectivity index (χ4n) is 3.97. The van der Waals surface area contributed by atoms with Crippen LogP contribution < -0.4 is 5.32 Å². The average Bonchev–Trinajstić information content (AvgIpc) is 2.73. The molecule has 0 unspecified atom stereocenters. The first-order valence-corrected chi connectivity index (χ1v) is 10.2. The number of amides is 1. The second kappa shape index (κ2) is 8.82. The molecule has 1 aromatic heterocycles. The monoisotopic (exact) mass is 449 g/mol. The zero-order valence-corrected chi connectivity index (χ0v) is 17.0. The highest BCUT2D eigenvalue weighted by molar-refractivity contribution is 6.13. The lowest BCUT2D eigenvalue weighted by atomic mass is 9.95. The maximum Gasteiger partial charge on any atom is 0.389 e. The van der Waals surface area contributed by atoms with Crippen molar-refractivity contribution >= 4 is 22.5 Å². The van der Waals surface area contributed by atoms with Crippen LogP contribution >= 0.6 is 0 Å². The quantitative estimate of drug-likeness (QED) is 0.526. The summed E-state index contributed by atoms with van der Waals surface area (Å²) in [4.78, 5) is 19.7. The highest BCUT2D eigenvalue weighted by Crippen LogP contribution is 2.30. The Morgan fingerprint density at radius 1 is 1.09 bits per heavy atom. The van der Waals surface area contributed by atoms with Crippen LogP contribution in [0.5, 0.6) is 0 Å². The van der Waals surface area contributed by atoms with Crippen molar-refractivity contribution in [3.63, 3.8) is 0 Å². The molecule has 0 fully saturated rings. The number of carbonyl (C=O) groups is 1. The number of anilines is 1. The molecule has 0 bridgehead atoms. The molecule has 0 saturated heterocycles. The summed E-state index contributed by atoms with van der Waals surface area (Å²) in [6.45, 7) is 1.07. The molecule has 1 aliphatic rings. The van der Waals surface area contributed by atoms with Crippen molar-refractivity contribution in [3.05, 3.63) is 70.9 Å². The third-order valence-electron chi connectivity index (χ3n) is 5.46. The number of para-hydroxylation sites is 1. The Morgan fingerprint density at radius 2 is 1.88 bits per heavy atom. The number of nitrogens with zero attached hydrogens (tertiary/aromatic N) is 2. The molecular formula is C23H20F5N3O. The van der Waals surface area contributed by atoms with E-state index in [1.54, 1.807) is 24.3 Å². The largest absolute Gasteiger partial charge is 0.389 e. The van der Waals surface area contributed by atoms with Gasteiger partial charge in [-0.2, -0.15) is 13.2 Å².